The van der Waals surface area contributed by atoms with Crippen LogP contribution in [0.4, 0.5) is 8.78 Å². The maximum absolute atomic E-state index is 14.0. The molecule has 1 aromatic rings. The summed E-state index contributed by atoms with van der Waals surface area (Å²) in [6, 6.07) is 2.25. The predicted octanol–water partition coefficient (Wildman–Crippen LogP) is 2.15. The molecule has 0 bridgehead atoms. The molecule has 0 aliphatic rings. The largest absolute Gasteiger partial charge is 0.389 e. The van der Waals surface area contributed by atoms with E-state index < -0.39 is 35.1 Å². The molecule has 0 saturated carbocycles. The average molecular weight is 342 g/mol. The SMILES string of the molecule is CCN(CC(C)(C)O)C(=O)CC(NC(C)=O)c1c(F)cccc1F. The second-order valence-electron chi connectivity index (χ2n) is 6.31. The molecule has 7 heteroatoms. The first-order chi connectivity index (χ1) is 11.0. The first kappa shape index (κ1) is 20.0. The Labute approximate surface area is 140 Å². The van der Waals surface area contributed by atoms with Gasteiger partial charge in [0.25, 0.3) is 0 Å². The van der Waals surface area contributed by atoms with Gasteiger partial charge in [-0.25, -0.2) is 8.78 Å². The van der Waals surface area contributed by atoms with Gasteiger partial charge in [0.15, 0.2) is 0 Å². The fraction of sp³-hybridized carbons (Fsp3) is 0.529. The second kappa shape index (κ2) is 8.19. The van der Waals surface area contributed by atoms with Gasteiger partial charge in [-0.1, -0.05) is 6.07 Å². The van der Waals surface area contributed by atoms with E-state index in [4.69, 9.17) is 0 Å². The fourth-order valence-electron chi connectivity index (χ4n) is 2.46. The monoisotopic (exact) mass is 342 g/mol. The lowest BCUT2D eigenvalue weighted by atomic mass is 10.0. The van der Waals surface area contributed by atoms with Crippen LogP contribution in [0.25, 0.3) is 0 Å². The van der Waals surface area contributed by atoms with Gasteiger partial charge in [-0.15, -0.1) is 0 Å². The molecule has 2 N–H and O–H groups in total. The van der Waals surface area contributed by atoms with E-state index >= 15 is 0 Å². The summed E-state index contributed by atoms with van der Waals surface area (Å²) in [4.78, 5) is 25.2. The molecule has 5 nitrogen and oxygen atoms in total. The summed E-state index contributed by atoms with van der Waals surface area (Å²) in [5.41, 5.74) is -1.45. The normalized spacial score (nSPS) is 12.6. The van der Waals surface area contributed by atoms with Crippen LogP contribution in [0.2, 0.25) is 0 Å². The number of nitrogens with one attached hydrogen (secondary N) is 1. The van der Waals surface area contributed by atoms with Crippen molar-refractivity contribution in [1.29, 1.82) is 0 Å². The van der Waals surface area contributed by atoms with E-state index in [0.29, 0.717) is 6.54 Å². The highest BCUT2D eigenvalue weighted by Gasteiger charge is 2.27. The average Bonchev–Trinajstić information content (AvgIpc) is 2.42. The number of carbonyl (C=O) groups is 2. The van der Waals surface area contributed by atoms with E-state index in [1.807, 2.05) is 0 Å². The molecule has 134 valence electrons. The summed E-state index contributed by atoms with van der Waals surface area (Å²) in [6.07, 6.45) is -0.304. The van der Waals surface area contributed by atoms with Gasteiger partial charge in [-0.2, -0.15) is 0 Å². The van der Waals surface area contributed by atoms with Crippen molar-refractivity contribution in [3.63, 3.8) is 0 Å². The molecule has 0 aliphatic heterocycles. The molecular formula is C17H24F2N2O3. The summed E-state index contributed by atoms with van der Waals surface area (Å²) in [7, 11) is 0. The molecule has 2 amide bonds. The van der Waals surface area contributed by atoms with Gasteiger partial charge >= 0.3 is 0 Å². The minimum absolute atomic E-state index is 0.0783. The molecule has 0 saturated heterocycles. The standard InChI is InChI=1S/C17H24F2N2O3/c1-5-21(10-17(3,4)24)15(23)9-14(20-11(2)22)16-12(18)7-6-8-13(16)19/h6-8,14,24H,5,9-10H2,1-4H3,(H,20,22). The molecule has 0 radical (unpaired) electrons. The van der Waals surface area contributed by atoms with Crippen molar-refractivity contribution in [1.82, 2.24) is 10.2 Å². The van der Waals surface area contributed by atoms with Gasteiger partial charge in [0.1, 0.15) is 11.6 Å². The van der Waals surface area contributed by atoms with E-state index in [0.717, 1.165) is 12.1 Å². The number of amides is 2. The number of likely N-dealkylation sites (N-methyl/N-ethyl adjacent to an activating group) is 1. The zero-order chi connectivity index (χ0) is 18.5. The van der Waals surface area contributed by atoms with Gasteiger partial charge in [0, 0.05) is 25.6 Å². The quantitative estimate of drug-likeness (QED) is 0.798. The molecule has 0 aliphatic carbocycles. The van der Waals surface area contributed by atoms with E-state index in [1.54, 1.807) is 20.8 Å². The lowest BCUT2D eigenvalue weighted by Gasteiger charge is -2.30. The zero-order valence-corrected chi connectivity index (χ0v) is 14.4. The van der Waals surface area contributed by atoms with E-state index in [-0.39, 0.29) is 18.5 Å². The molecule has 1 atom stereocenters. The third kappa shape index (κ3) is 5.88. The Balaban J connectivity index is 3.06. The van der Waals surface area contributed by atoms with E-state index in [9.17, 15) is 23.5 Å². The van der Waals surface area contributed by atoms with Crippen LogP contribution >= 0.6 is 0 Å². The summed E-state index contributed by atoms with van der Waals surface area (Å²) in [5.74, 6) is -2.57. The number of benzene rings is 1. The van der Waals surface area contributed by atoms with Crippen LogP contribution in [-0.2, 0) is 9.59 Å². The first-order valence-electron chi connectivity index (χ1n) is 7.76. The van der Waals surface area contributed by atoms with Crippen molar-refractivity contribution >= 4 is 11.8 Å². The van der Waals surface area contributed by atoms with Crippen LogP contribution < -0.4 is 5.32 Å². The van der Waals surface area contributed by atoms with E-state index in [2.05, 4.69) is 5.32 Å². The molecule has 24 heavy (non-hydrogen) atoms. The molecule has 0 fully saturated rings. The number of hydrogen-bond acceptors (Lipinski definition) is 3. The van der Waals surface area contributed by atoms with Crippen LogP contribution in [0.1, 0.15) is 45.7 Å². The van der Waals surface area contributed by atoms with Crippen molar-refractivity contribution in [3.05, 3.63) is 35.4 Å². The Bertz CT molecular complexity index is 580. The number of aliphatic hydroxyl groups is 1. The van der Waals surface area contributed by atoms with Crippen molar-refractivity contribution in [2.75, 3.05) is 13.1 Å². The lowest BCUT2D eigenvalue weighted by Crippen LogP contribution is -2.43. The van der Waals surface area contributed by atoms with Gasteiger partial charge in [0.05, 0.1) is 18.1 Å². The highest BCUT2D eigenvalue weighted by Crippen LogP contribution is 2.24. The zero-order valence-electron chi connectivity index (χ0n) is 14.4. The number of carbonyl (C=O) groups excluding carboxylic acids is 2. The molecule has 1 rings (SSSR count). The fourth-order valence-corrected chi connectivity index (χ4v) is 2.46. The summed E-state index contributed by atoms with van der Waals surface area (Å²) >= 11 is 0. The number of nitrogens with zero attached hydrogens (tertiary/aromatic N) is 1. The number of rotatable bonds is 7. The maximum Gasteiger partial charge on any atom is 0.225 e. The smallest absolute Gasteiger partial charge is 0.225 e. The van der Waals surface area contributed by atoms with Gasteiger partial charge in [-0.05, 0) is 32.9 Å². The molecule has 0 aromatic heterocycles. The maximum atomic E-state index is 14.0. The molecule has 1 unspecified atom stereocenters. The Hall–Kier alpha value is -2.02. The summed E-state index contributed by atoms with van der Waals surface area (Å²) in [5, 5.41) is 12.3. The minimum atomic E-state index is -1.12. The van der Waals surface area contributed by atoms with Crippen molar-refractivity contribution in [2.24, 2.45) is 0 Å². The number of hydrogen-bond donors (Lipinski definition) is 2. The van der Waals surface area contributed by atoms with Gasteiger partial charge in [0.2, 0.25) is 11.8 Å². The Morgan fingerprint density at radius 1 is 1.29 bits per heavy atom. The minimum Gasteiger partial charge on any atom is -0.389 e. The molecule has 0 spiro atoms. The molecule has 0 heterocycles. The van der Waals surface area contributed by atoms with Crippen LogP contribution in [0.3, 0.4) is 0 Å². The van der Waals surface area contributed by atoms with Crippen LogP contribution in [0, 0.1) is 11.6 Å². The summed E-state index contributed by atoms with van der Waals surface area (Å²) < 4.78 is 28.0. The Morgan fingerprint density at radius 2 is 1.83 bits per heavy atom. The van der Waals surface area contributed by atoms with Crippen molar-refractivity contribution in [2.45, 2.75) is 45.8 Å². The van der Waals surface area contributed by atoms with Crippen LogP contribution in [0.5, 0.6) is 0 Å². The highest BCUT2D eigenvalue weighted by atomic mass is 19.1. The third-order valence-corrected chi connectivity index (χ3v) is 3.42. The molecule has 1 aromatic carbocycles. The highest BCUT2D eigenvalue weighted by molar-refractivity contribution is 5.79. The third-order valence-electron chi connectivity index (χ3n) is 3.42. The van der Waals surface area contributed by atoms with E-state index in [1.165, 1.54) is 17.9 Å². The summed E-state index contributed by atoms with van der Waals surface area (Å²) in [6.45, 7) is 6.48. The molecular weight excluding hydrogens is 318 g/mol. The Kier molecular flexibility index (Phi) is 6.83. The predicted molar refractivity (Wildman–Crippen MR) is 86.1 cm³/mol. The topological polar surface area (TPSA) is 69.6 Å². The van der Waals surface area contributed by atoms with Gasteiger partial charge < -0.3 is 15.3 Å². The first-order valence-corrected chi connectivity index (χ1v) is 7.76. The van der Waals surface area contributed by atoms with Crippen LogP contribution in [0.15, 0.2) is 18.2 Å². The van der Waals surface area contributed by atoms with Crippen molar-refractivity contribution < 1.29 is 23.5 Å². The second-order valence-corrected chi connectivity index (χ2v) is 6.31. The lowest BCUT2D eigenvalue weighted by molar-refractivity contribution is -0.134. The van der Waals surface area contributed by atoms with Gasteiger partial charge in [-0.3, -0.25) is 9.59 Å². The van der Waals surface area contributed by atoms with Crippen molar-refractivity contribution in [3.8, 4) is 0 Å². The van der Waals surface area contributed by atoms with Crippen LogP contribution in [-0.4, -0.2) is 40.5 Å². The number of halogens is 2. The Morgan fingerprint density at radius 3 is 2.25 bits per heavy atom.